The lowest BCUT2D eigenvalue weighted by Crippen LogP contribution is -2.32. The Balaban J connectivity index is 0.894. The molecule has 3 unspecified atom stereocenters. The third-order valence-corrected chi connectivity index (χ3v) is 15.8. The highest BCUT2D eigenvalue weighted by Crippen LogP contribution is 2.60. The van der Waals surface area contributed by atoms with Gasteiger partial charge >= 0.3 is 0 Å². The molecule has 71 heavy (non-hydrogen) atoms. The van der Waals surface area contributed by atoms with Gasteiger partial charge in [-0.3, -0.25) is 0 Å². The molecule has 2 nitrogen and oxygen atoms in total. The third-order valence-electron chi connectivity index (χ3n) is 15.8. The van der Waals surface area contributed by atoms with E-state index in [9.17, 15) is 0 Å². The van der Waals surface area contributed by atoms with Gasteiger partial charge in [-0.1, -0.05) is 212 Å². The molecule has 1 fully saturated rings. The van der Waals surface area contributed by atoms with Crippen LogP contribution in [0, 0.1) is 0 Å². The Morgan fingerprint density at radius 3 is 1.69 bits per heavy atom. The topological polar surface area (TPSA) is 6.48 Å². The standard InChI is InChI=1S/C69H56N2/c1-6-20-49(21-7-1)50-34-40-57(41-35-50)70(60-46-47-62-61-30-16-18-32-64(61)69(65(62)48-60,55-26-12-4-13-27-55)56-28-14-5-15-29-56)58-42-36-51(37-43-58)52-38-44-59(45-39-52)71-66-33-19-17-31-63(66)67(53-22-8-2-9-23-53)68(71)54-24-10-3-11-25-54/h1-14,16,20-28,30-31,33-48,67-68H,15,17-19,29,32H2. The van der Waals surface area contributed by atoms with E-state index in [0.29, 0.717) is 0 Å². The summed E-state index contributed by atoms with van der Waals surface area (Å²) in [6.07, 6.45) is 23.1. The highest BCUT2D eigenvalue weighted by atomic mass is 15.2. The molecule has 8 aromatic rings. The molecule has 0 amide bonds. The number of nitrogens with zero attached hydrogens (tertiary/aromatic N) is 2. The van der Waals surface area contributed by atoms with E-state index in [1.165, 1.54) is 83.7 Å². The lowest BCUT2D eigenvalue weighted by Gasteiger charge is -2.39. The van der Waals surface area contributed by atoms with Crippen LogP contribution in [0.5, 0.6) is 0 Å². The van der Waals surface area contributed by atoms with Crippen LogP contribution in [0.3, 0.4) is 0 Å². The van der Waals surface area contributed by atoms with Crippen molar-refractivity contribution in [2.45, 2.75) is 55.9 Å². The summed E-state index contributed by atoms with van der Waals surface area (Å²) in [6, 6.07) is 79.4. The maximum atomic E-state index is 2.61. The van der Waals surface area contributed by atoms with Gasteiger partial charge in [0, 0.05) is 34.4 Å². The van der Waals surface area contributed by atoms with Gasteiger partial charge in [0.05, 0.1) is 11.5 Å². The van der Waals surface area contributed by atoms with Crippen LogP contribution in [0.4, 0.5) is 22.7 Å². The Kier molecular flexibility index (Phi) is 11.0. The second-order valence-corrected chi connectivity index (χ2v) is 19.6. The fourth-order valence-electron chi connectivity index (χ4n) is 12.7. The Hall–Kier alpha value is -8.20. The highest BCUT2D eigenvalue weighted by molar-refractivity contribution is 5.93. The van der Waals surface area contributed by atoms with Crippen molar-refractivity contribution in [2.24, 2.45) is 0 Å². The van der Waals surface area contributed by atoms with Crippen LogP contribution in [-0.4, -0.2) is 0 Å². The summed E-state index contributed by atoms with van der Waals surface area (Å²) < 4.78 is 0. The Bertz CT molecular complexity index is 3430. The van der Waals surface area contributed by atoms with Crippen LogP contribution in [-0.2, 0) is 5.41 Å². The first-order valence-corrected chi connectivity index (χ1v) is 25.7. The zero-order valence-electron chi connectivity index (χ0n) is 40.0. The lowest BCUT2D eigenvalue weighted by atomic mass is 9.63. The van der Waals surface area contributed by atoms with Crippen molar-refractivity contribution in [2.75, 3.05) is 9.80 Å². The van der Waals surface area contributed by atoms with Gasteiger partial charge in [-0.2, -0.15) is 0 Å². The van der Waals surface area contributed by atoms with Crippen molar-refractivity contribution < 1.29 is 0 Å². The van der Waals surface area contributed by atoms with Crippen molar-refractivity contribution in [3.63, 3.8) is 0 Å². The van der Waals surface area contributed by atoms with Crippen LogP contribution >= 0.6 is 0 Å². The molecular formula is C69H56N2. The molecule has 0 bridgehead atoms. The van der Waals surface area contributed by atoms with E-state index in [1.807, 2.05) is 0 Å². The van der Waals surface area contributed by atoms with Crippen molar-refractivity contribution in [3.05, 3.63) is 305 Å². The molecule has 342 valence electrons. The van der Waals surface area contributed by atoms with E-state index in [4.69, 9.17) is 0 Å². The lowest BCUT2D eigenvalue weighted by molar-refractivity contribution is 0.644. The van der Waals surface area contributed by atoms with Gasteiger partial charge in [-0.05, 0) is 154 Å². The van der Waals surface area contributed by atoms with Crippen molar-refractivity contribution in [1.29, 1.82) is 0 Å². The first kappa shape index (κ1) is 42.9. The van der Waals surface area contributed by atoms with Crippen molar-refractivity contribution >= 4 is 28.3 Å². The van der Waals surface area contributed by atoms with Crippen LogP contribution in [0.2, 0.25) is 0 Å². The van der Waals surface area contributed by atoms with Crippen LogP contribution < -0.4 is 9.80 Å². The molecule has 0 N–H and O–H groups in total. The molecule has 4 aliphatic carbocycles. The van der Waals surface area contributed by atoms with E-state index < -0.39 is 0 Å². The first-order chi connectivity index (χ1) is 35.2. The van der Waals surface area contributed by atoms with E-state index in [2.05, 4.69) is 265 Å². The maximum Gasteiger partial charge on any atom is 0.0701 e. The summed E-state index contributed by atoms with van der Waals surface area (Å²) in [6.45, 7) is 0. The van der Waals surface area contributed by atoms with Crippen molar-refractivity contribution in [1.82, 2.24) is 0 Å². The van der Waals surface area contributed by atoms with Gasteiger partial charge in [0.15, 0.2) is 0 Å². The van der Waals surface area contributed by atoms with Gasteiger partial charge in [0.2, 0.25) is 0 Å². The third kappa shape index (κ3) is 7.40. The molecular weight excluding hydrogens is 857 g/mol. The summed E-state index contributed by atoms with van der Waals surface area (Å²) >= 11 is 0. The average molecular weight is 913 g/mol. The minimum Gasteiger partial charge on any atom is -0.333 e. The summed E-state index contributed by atoms with van der Waals surface area (Å²) in [4.78, 5) is 5.07. The maximum absolute atomic E-state index is 2.61. The molecule has 13 rings (SSSR count). The summed E-state index contributed by atoms with van der Waals surface area (Å²) in [5.74, 6) is 0.246. The minimum atomic E-state index is -0.333. The molecule has 1 saturated heterocycles. The first-order valence-electron chi connectivity index (χ1n) is 25.7. The number of fused-ring (bicyclic) bond motifs is 3. The van der Waals surface area contributed by atoms with Crippen LogP contribution in [0.25, 0.3) is 27.8 Å². The second-order valence-electron chi connectivity index (χ2n) is 19.6. The molecule has 1 aliphatic heterocycles. The van der Waals surface area contributed by atoms with Crippen molar-refractivity contribution in [3.8, 4) is 22.3 Å². The SMILES string of the molecule is C1=CCCC(C2(c3ccccc3)C3=C(C=CCC3)c3ccc(N(c4ccc(-c5ccccc5)cc4)c4ccc(-c5ccc(N6C7=CCCC=C7C(c7ccccc7)C6c6ccccc6)cc5)cc4)cc32)=C1. The van der Waals surface area contributed by atoms with Crippen LogP contribution in [0.15, 0.2) is 277 Å². The second kappa shape index (κ2) is 18.3. The number of rotatable bonds is 10. The molecule has 3 atom stereocenters. The Labute approximate surface area is 419 Å². The molecule has 0 saturated carbocycles. The molecule has 0 radical (unpaired) electrons. The fourth-order valence-corrected chi connectivity index (χ4v) is 12.7. The molecule has 1 heterocycles. The molecule has 0 aromatic heterocycles. The zero-order valence-corrected chi connectivity index (χ0v) is 40.0. The smallest absolute Gasteiger partial charge is 0.0701 e. The largest absolute Gasteiger partial charge is 0.333 e. The van der Waals surface area contributed by atoms with Gasteiger partial charge in [-0.25, -0.2) is 0 Å². The number of hydrogen-bond donors (Lipinski definition) is 0. The summed E-state index contributed by atoms with van der Waals surface area (Å²) in [7, 11) is 0. The molecule has 0 spiro atoms. The van der Waals surface area contributed by atoms with Gasteiger partial charge in [0.25, 0.3) is 0 Å². The number of anilines is 4. The van der Waals surface area contributed by atoms with E-state index in [-0.39, 0.29) is 17.4 Å². The predicted molar refractivity (Wildman–Crippen MR) is 297 cm³/mol. The molecule has 2 heteroatoms. The van der Waals surface area contributed by atoms with E-state index in [0.717, 1.165) is 55.6 Å². The summed E-state index contributed by atoms with van der Waals surface area (Å²) in [5.41, 5.74) is 23.1. The quantitative estimate of drug-likeness (QED) is 0.135. The molecule has 5 aliphatic rings. The minimum absolute atomic E-state index is 0.151. The Morgan fingerprint density at radius 1 is 0.479 bits per heavy atom. The fraction of sp³-hybridized carbons (Fsp3) is 0.130. The van der Waals surface area contributed by atoms with Crippen LogP contribution in [0.1, 0.15) is 78.3 Å². The van der Waals surface area contributed by atoms with Gasteiger partial charge < -0.3 is 9.80 Å². The van der Waals surface area contributed by atoms with Gasteiger partial charge in [-0.15, -0.1) is 0 Å². The Morgan fingerprint density at radius 2 is 1.04 bits per heavy atom. The number of benzene rings is 8. The predicted octanol–water partition coefficient (Wildman–Crippen LogP) is 18.1. The highest BCUT2D eigenvalue weighted by Gasteiger charge is 2.49. The monoisotopic (exact) mass is 912 g/mol. The zero-order chi connectivity index (χ0) is 47.1. The van der Waals surface area contributed by atoms with E-state index in [1.54, 1.807) is 0 Å². The number of allylic oxidation sites excluding steroid dienone is 11. The normalized spacial score (nSPS) is 19.9. The molecule has 8 aromatic carbocycles. The van der Waals surface area contributed by atoms with E-state index >= 15 is 0 Å². The summed E-state index contributed by atoms with van der Waals surface area (Å²) in [5, 5.41) is 0. The van der Waals surface area contributed by atoms with Gasteiger partial charge in [0.1, 0.15) is 0 Å². The number of hydrogen-bond acceptors (Lipinski definition) is 2. The average Bonchev–Trinajstić information content (AvgIpc) is 3.96.